The lowest BCUT2D eigenvalue weighted by molar-refractivity contribution is 0.836. The monoisotopic (exact) mass is 267 g/mol. The van der Waals surface area contributed by atoms with Crippen molar-refractivity contribution < 1.29 is 0 Å². The highest BCUT2D eigenvalue weighted by atomic mass is 35.5. The van der Waals surface area contributed by atoms with Gasteiger partial charge in [-0.15, -0.1) is 11.3 Å². The Labute approximate surface area is 110 Å². The van der Waals surface area contributed by atoms with E-state index in [-0.39, 0.29) is 6.04 Å². The topological polar surface area (TPSA) is 37.8 Å². The van der Waals surface area contributed by atoms with E-state index in [4.69, 9.17) is 11.6 Å². The standard InChI is InChI=1S/C12H14ClN3S/c1-7(12-8(2)17-9(3)16-12)15-11-6-14-5-4-10(11)13/h4-7,15H,1-3H3. The molecule has 2 aromatic heterocycles. The summed E-state index contributed by atoms with van der Waals surface area (Å²) < 4.78 is 0. The molecule has 0 radical (unpaired) electrons. The number of hydrogen-bond acceptors (Lipinski definition) is 4. The number of rotatable bonds is 3. The van der Waals surface area contributed by atoms with Crippen LogP contribution in [-0.2, 0) is 0 Å². The number of pyridine rings is 1. The van der Waals surface area contributed by atoms with Crippen LogP contribution in [0.2, 0.25) is 5.02 Å². The minimum atomic E-state index is 0.127. The van der Waals surface area contributed by atoms with Crippen molar-refractivity contribution in [2.75, 3.05) is 5.32 Å². The third-order valence-electron chi connectivity index (χ3n) is 2.49. The predicted molar refractivity (Wildman–Crippen MR) is 72.9 cm³/mol. The molecule has 0 saturated heterocycles. The number of aromatic nitrogens is 2. The first-order chi connectivity index (χ1) is 8.08. The molecule has 0 aromatic carbocycles. The van der Waals surface area contributed by atoms with E-state index in [1.165, 1.54) is 4.88 Å². The summed E-state index contributed by atoms with van der Waals surface area (Å²) >= 11 is 7.79. The van der Waals surface area contributed by atoms with E-state index < -0.39 is 0 Å². The largest absolute Gasteiger partial charge is 0.374 e. The minimum Gasteiger partial charge on any atom is -0.374 e. The van der Waals surface area contributed by atoms with Crippen molar-refractivity contribution in [3.05, 3.63) is 39.1 Å². The van der Waals surface area contributed by atoms with Gasteiger partial charge in [-0.2, -0.15) is 0 Å². The Kier molecular flexibility index (Phi) is 3.64. The Bertz CT molecular complexity index is 524. The van der Waals surface area contributed by atoms with E-state index in [1.54, 1.807) is 29.8 Å². The quantitative estimate of drug-likeness (QED) is 0.914. The number of hydrogen-bond donors (Lipinski definition) is 1. The van der Waals surface area contributed by atoms with Crippen LogP contribution in [0.25, 0.3) is 0 Å². The van der Waals surface area contributed by atoms with Gasteiger partial charge in [-0.1, -0.05) is 11.6 Å². The Hall–Kier alpha value is -1.13. The van der Waals surface area contributed by atoms with Gasteiger partial charge in [0.25, 0.3) is 0 Å². The Morgan fingerprint density at radius 3 is 2.76 bits per heavy atom. The number of anilines is 1. The first-order valence-electron chi connectivity index (χ1n) is 5.38. The molecule has 3 nitrogen and oxygen atoms in total. The van der Waals surface area contributed by atoms with Crippen molar-refractivity contribution >= 4 is 28.6 Å². The van der Waals surface area contributed by atoms with Gasteiger partial charge in [0.15, 0.2) is 0 Å². The van der Waals surface area contributed by atoms with Crippen LogP contribution < -0.4 is 5.32 Å². The molecule has 0 spiro atoms. The molecule has 1 N–H and O–H groups in total. The summed E-state index contributed by atoms with van der Waals surface area (Å²) in [5.74, 6) is 0. The molecule has 1 atom stereocenters. The number of nitrogens with one attached hydrogen (secondary N) is 1. The SMILES string of the molecule is Cc1nc(C(C)Nc2cnccc2Cl)c(C)s1. The average molecular weight is 268 g/mol. The maximum absolute atomic E-state index is 6.08. The molecule has 0 aliphatic heterocycles. The summed E-state index contributed by atoms with van der Waals surface area (Å²) in [6.07, 6.45) is 3.41. The second-order valence-corrected chi connectivity index (χ2v) is 5.71. The van der Waals surface area contributed by atoms with E-state index in [9.17, 15) is 0 Å². The zero-order chi connectivity index (χ0) is 12.4. The fourth-order valence-electron chi connectivity index (χ4n) is 1.73. The van der Waals surface area contributed by atoms with Crippen molar-refractivity contribution in [1.29, 1.82) is 0 Å². The molecule has 0 fully saturated rings. The van der Waals surface area contributed by atoms with Gasteiger partial charge in [0.05, 0.1) is 33.7 Å². The summed E-state index contributed by atoms with van der Waals surface area (Å²) in [5, 5.41) is 5.09. The van der Waals surface area contributed by atoms with Gasteiger partial charge < -0.3 is 5.32 Å². The fourth-order valence-corrected chi connectivity index (χ4v) is 2.81. The average Bonchev–Trinajstić information content (AvgIpc) is 2.61. The molecule has 0 aliphatic rings. The number of thiazole rings is 1. The van der Waals surface area contributed by atoms with Crippen molar-refractivity contribution in [3.63, 3.8) is 0 Å². The van der Waals surface area contributed by atoms with E-state index in [0.717, 1.165) is 16.4 Å². The minimum absolute atomic E-state index is 0.127. The number of halogens is 1. The van der Waals surface area contributed by atoms with Crippen LogP contribution >= 0.6 is 22.9 Å². The molecule has 0 bridgehead atoms. The maximum Gasteiger partial charge on any atom is 0.0901 e. The molecule has 2 aromatic rings. The second kappa shape index (κ2) is 5.02. The Morgan fingerprint density at radius 1 is 1.41 bits per heavy atom. The molecule has 2 heterocycles. The molecule has 90 valence electrons. The van der Waals surface area contributed by atoms with Crippen LogP contribution in [0.4, 0.5) is 5.69 Å². The molecule has 0 aliphatic carbocycles. The van der Waals surface area contributed by atoms with Crippen LogP contribution in [0.15, 0.2) is 18.5 Å². The van der Waals surface area contributed by atoms with Crippen LogP contribution in [0, 0.1) is 13.8 Å². The molecule has 2 rings (SSSR count). The zero-order valence-corrected chi connectivity index (χ0v) is 11.6. The lowest BCUT2D eigenvalue weighted by Crippen LogP contribution is -2.08. The molecule has 0 saturated carbocycles. The first kappa shape index (κ1) is 12.3. The lowest BCUT2D eigenvalue weighted by atomic mass is 10.2. The third kappa shape index (κ3) is 2.76. The molecular weight excluding hydrogens is 254 g/mol. The number of aryl methyl sites for hydroxylation is 2. The molecule has 17 heavy (non-hydrogen) atoms. The Balaban J connectivity index is 2.20. The van der Waals surface area contributed by atoms with E-state index in [1.807, 2.05) is 6.92 Å². The highest BCUT2D eigenvalue weighted by molar-refractivity contribution is 7.11. The molecule has 1 unspecified atom stereocenters. The van der Waals surface area contributed by atoms with Crippen molar-refractivity contribution in [2.24, 2.45) is 0 Å². The highest BCUT2D eigenvalue weighted by Crippen LogP contribution is 2.28. The van der Waals surface area contributed by atoms with Crippen molar-refractivity contribution in [3.8, 4) is 0 Å². The summed E-state index contributed by atoms with van der Waals surface area (Å²) in [7, 11) is 0. The fraction of sp³-hybridized carbons (Fsp3) is 0.333. The van der Waals surface area contributed by atoms with Gasteiger partial charge in [0.1, 0.15) is 0 Å². The van der Waals surface area contributed by atoms with Gasteiger partial charge in [0.2, 0.25) is 0 Å². The van der Waals surface area contributed by atoms with Crippen LogP contribution in [0.5, 0.6) is 0 Å². The van der Waals surface area contributed by atoms with Gasteiger partial charge in [-0.3, -0.25) is 4.98 Å². The van der Waals surface area contributed by atoms with Gasteiger partial charge in [0, 0.05) is 11.1 Å². The number of nitrogens with zero attached hydrogens (tertiary/aromatic N) is 2. The first-order valence-corrected chi connectivity index (χ1v) is 6.57. The van der Waals surface area contributed by atoms with Crippen LogP contribution in [-0.4, -0.2) is 9.97 Å². The predicted octanol–water partition coefficient (Wildman–Crippen LogP) is 3.98. The molecular formula is C12H14ClN3S. The van der Waals surface area contributed by atoms with Crippen molar-refractivity contribution in [2.45, 2.75) is 26.8 Å². The molecule has 0 amide bonds. The summed E-state index contributed by atoms with van der Waals surface area (Å²) in [5.41, 5.74) is 1.92. The second-order valence-electron chi connectivity index (χ2n) is 3.90. The van der Waals surface area contributed by atoms with Gasteiger partial charge >= 0.3 is 0 Å². The van der Waals surface area contributed by atoms with E-state index >= 15 is 0 Å². The third-order valence-corrected chi connectivity index (χ3v) is 3.72. The Morgan fingerprint density at radius 2 is 2.18 bits per heavy atom. The van der Waals surface area contributed by atoms with Crippen LogP contribution in [0.1, 0.15) is 28.5 Å². The van der Waals surface area contributed by atoms with E-state index in [0.29, 0.717) is 5.02 Å². The zero-order valence-electron chi connectivity index (χ0n) is 9.99. The highest BCUT2D eigenvalue weighted by Gasteiger charge is 2.13. The smallest absolute Gasteiger partial charge is 0.0901 e. The lowest BCUT2D eigenvalue weighted by Gasteiger charge is -2.14. The van der Waals surface area contributed by atoms with Gasteiger partial charge in [-0.25, -0.2) is 4.98 Å². The van der Waals surface area contributed by atoms with Crippen LogP contribution in [0.3, 0.4) is 0 Å². The van der Waals surface area contributed by atoms with Gasteiger partial charge in [-0.05, 0) is 26.8 Å². The summed E-state index contributed by atoms with van der Waals surface area (Å²) in [6, 6.07) is 1.90. The summed E-state index contributed by atoms with van der Waals surface area (Å²) in [6.45, 7) is 6.18. The normalized spacial score (nSPS) is 12.5. The molecule has 5 heteroatoms. The summed E-state index contributed by atoms with van der Waals surface area (Å²) in [4.78, 5) is 9.82. The van der Waals surface area contributed by atoms with E-state index in [2.05, 4.69) is 29.1 Å². The maximum atomic E-state index is 6.08. The van der Waals surface area contributed by atoms with Crippen molar-refractivity contribution in [1.82, 2.24) is 9.97 Å².